The number of carbonyl (C=O) groups is 1. The van der Waals surface area contributed by atoms with Crippen molar-refractivity contribution in [2.45, 2.75) is 12.6 Å². The Morgan fingerprint density at radius 3 is 2.88 bits per heavy atom. The molecule has 1 aliphatic carbocycles. The topological polar surface area (TPSA) is 82.5 Å². The average Bonchev–Trinajstić information content (AvgIpc) is 2.96. The number of pyridine rings is 1. The monoisotopic (exact) mass is 224 g/mol. The van der Waals surface area contributed by atoms with Gasteiger partial charge in [0, 0.05) is 6.20 Å². The van der Waals surface area contributed by atoms with Crippen LogP contribution in [0.1, 0.15) is 6.42 Å². The van der Waals surface area contributed by atoms with Crippen LogP contribution in [0.2, 0.25) is 0 Å². The first-order chi connectivity index (χ1) is 7.58. The molecule has 16 heavy (non-hydrogen) atoms. The van der Waals surface area contributed by atoms with E-state index in [9.17, 15) is 9.18 Å². The van der Waals surface area contributed by atoms with Crippen molar-refractivity contribution in [1.82, 2.24) is 4.98 Å². The molecule has 0 saturated heterocycles. The van der Waals surface area contributed by atoms with Crippen molar-refractivity contribution in [3.63, 3.8) is 0 Å². The number of rotatable bonds is 3. The highest BCUT2D eigenvalue weighted by Crippen LogP contribution is 2.34. The molecule has 7 heteroatoms. The van der Waals surface area contributed by atoms with Crippen LogP contribution >= 0.6 is 0 Å². The first-order valence-corrected chi connectivity index (χ1v) is 4.85. The van der Waals surface area contributed by atoms with Gasteiger partial charge in [0.05, 0.1) is 5.92 Å². The summed E-state index contributed by atoms with van der Waals surface area (Å²) in [6.07, 6.45) is 0.518. The van der Waals surface area contributed by atoms with Gasteiger partial charge in [-0.25, -0.2) is 9.37 Å². The summed E-state index contributed by atoms with van der Waals surface area (Å²) in [5.41, 5.74) is 0.220. The summed E-state index contributed by atoms with van der Waals surface area (Å²) < 4.78 is 12.6. The van der Waals surface area contributed by atoms with Crippen LogP contribution in [-0.4, -0.2) is 34.2 Å². The minimum atomic E-state index is -1.62. The molecule has 1 amide bonds. The van der Waals surface area contributed by atoms with Gasteiger partial charge in [-0.05, 0) is 24.0 Å². The Morgan fingerprint density at radius 2 is 2.31 bits per heavy atom. The van der Waals surface area contributed by atoms with Gasteiger partial charge in [-0.1, -0.05) is 0 Å². The molecule has 1 heterocycles. The number of nitrogens with zero attached hydrogens (tertiary/aromatic N) is 1. The van der Waals surface area contributed by atoms with Crippen LogP contribution in [0.4, 0.5) is 10.2 Å². The van der Waals surface area contributed by atoms with Gasteiger partial charge in [-0.2, -0.15) is 0 Å². The van der Waals surface area contributed by atoms with E-state index in [0.29, 0.717) is 0 Å². The highest BCUT2D eigenvalue weighted by Gasteiger charge is 2.43. The van der Waals surface area contributed by atoms with Gasteiger partial charge in [-0.15, -0.1) is 0 Å². The molecule has 1 saturated carbocycles. The third-order valence-electron chi connectivity index (χ3n) is 2.38. The Morgan fingerprint density at radius 1 is 1.62 bits per heavy atom. The smallest absolute Gasteiger partial charge is 0.423 e. The zero-order valence-electron chi connectivity index (χ0n) is 8.30. The summed E-state index contributed by atoms with van der Waals surface area (Å²) in [6, 6.07) is 2.74. The van der Waals surface area contributed by atoms with Gasteiger partial charge in [0.1, 0.15) is 12.0 Å². The molecule has 0 radical (unpaired) electrons. The standard InChI is InChI=1S/C9H10BFN2O3/c11-7-4-6(7)9(14)13-8-3-5(10(15)16)1-2-12-8/h1-3,6-7,15-16H,4H2,(H,12,13,14)/t6-,7+/m0/s1. The Labute approximate surface area is 91.5 Å². The largest absolute Gasteiger partial charge is 0.488 e. The number of alkyl halides is 1. The van der Waals surface area contributed by atoms with Crippen molar-refractivity contribution in [3.8, 4) is 0 Å². The zero-order valence-corrected chi connectivity index (χ0v) is 8.30. The number of anilines is 1. The number of aromatic nitrogens is 1. The maximum atomic E-state index is 12.6. The van der Waals surface area contributed by atoms with Crippen LogP contribution < -0.4 is 10.8 Å². The summed E-state index contributed by atoms with van der Waals surface area (Å²) in [4.78, 5) is 15.2. The second-order valence-electron chi connectivity index (χ2n) is 3.70. The van der Waals surface area contributed by atoms with Crippen molar-refractivity contribution in [2.24, 2.45) is 5.92 Å². The van der Waals surface area contributed by atoms with Crippen molar-refractivity contribution in [2.75, 3.05) is 5.32 Å². The number of halogens is 1. The molecule has 84 valence electrons. The van der Waals surface area contributed by atoms with E-state index >= 15 is 0 Å². The molecular formula is C9H10BFN2O3. The van der Waals surface area contributed by atoms with Crippen LogP contribution in [0.3, 0.4) is 0 Å². The van der Waals surface area contributed by atoms with Crippen LogP contribution in [0.5, 0.6) is 0 Å². The zero-order chi connectivity index (χ0) is 11.7. The van der Waals surface area contributed by atoms with E-state index in [1.807, 2.05) is 0 Å². The van der Waals surface area contributed by atoms with E-state index in [1.54, 1.807) is 0 Å². The van der Waals surface area contributed by atoms with Crippen molar-refractivity contribution in [3.05, 3.63) is 18.3 Å². The lowest BCUT2D eigenvalue weighted by atomic mass is 9.81. The molecule has 2 atom stereocenters. The first kappa shape index (κ1) is 11.0. The number of hydrogen-bond acceptors (Lipinski definition) is 4. The van der Waals surface area contributed by atoms with Gasteiger partial charge in [-0.3, -0.25) is 4.79 Å². The molecule has 1 aromatic heterocycles. The third kappa shape index (κ3) is 2.37. The Bertz CT molecular complexity index is 415. The number of amides is 1. The lowest BCUT2D eigenvalue weighted by molar-refractivity contribution is -0.117. The third-order valence-corrected chi connectivity index (χ3v) is 2.38. The molecule has 0 aromatic carbocycles. The fourth-order valence-electron chi connectivity index (χ4n) is 1.33. The van der Waals surface area contributed by atoms with Crippen molar-refractivity contribution < 1.29 is 19.2 Å². The first-order valence-electron chi connectivity index (χ1n) is 4.85. The Kier molecular flexibility index (Phi) is 2.89. The molecule has 1 aliphatic rings. The van der Waals surface area contributed by atoms with E-state index in [-0.39, 0.29) is 17.7 Å². The normalized spacial score (nSPS) is 22.7. The molecule has 1 aromatic rings. The number of carbonyl (C=O) groups excluding carboxylic acids is 1. The number of nitrogens with one attached hydrogen (secondary N) is 1. The van der Waals surface area contributed by atoms with E-state index in [0.717, 1.165) is 0 Å². The maximum Gasteiger partial charge on any atom is 0.488 e. The molecule has 0 spiro atoms. The summed E-state index contributed by atoms with van der Waals surface area (Å²) in [5.74, 6) is -0.830. The van der Waals surface area contributed by atoms with Gasteiger partial charge >= 0.3 is 7.12 Å². The highest BCUT2D eigenvalue weighted by atomic mass is 19.1. The molecule has 0 aliphatic heterocycles. The van der Waals surface area contributed by atoms with E-state index in [1.165, 1.54) is 18.3 Å². The minimum absolute atomic E-state index is 0.190. The summed E-state index contributed by atoms with van der Waals surface area (Å²) in [7, 11) is -1.62. The lowest BCUT2D eigenvalue weighted by Crippen LogP contribution is -2.30. The SMILES string of the molecule is O=C(Nc1cc(B(O)O)ccn1)[C@H]1C[C@H]1F. The Hall–Kier alpha value is -1.47. The molecule has 0 bridgehead atoms. The second kappa shape index (κ2) is 4.19. The van der Waals surface area contributed by atoms with Crippen molar-refractivity contribution >= 4 is 24.3 Å². The lowest BCUT2D eigenvalue weighted by Gasteiger charge is -2.05. The molecule has 2 rings (SSSR count). The fourth-order valence-corrected chi connectivity index (χ4v) is 1.33. The predicted molar refractivity (Wildman–Crippen MR) is 55.7 cm³/mol. The van der Waals surface area contributed by atoms with Gasteiger partial charge in [0.25, 0.3) is 0 Å². The fraction of sp³-hybridized carbons (Fsp3) is 0.333. The quantitative estimate of drug-likeness (QED) is 0.578. The summed E-state index contributed by atoms with van der Waals surface area (Å²) >= 11 is 0. The number of hydrogen-bond donors (Lipinski definition) is 3. The van der Waals surface area contributed by atoms with Gasteiger partial charge in [0.15, 0.2) is 0 Å². The highest BCUT2D eigenvalue weighted by molar-refractivity contribution is 6.58. The predicted octanol–water partition coefficient (Wildman–Crippen LogP) is -0.942. The summed E-state index contributed by atoms with van der Waals surface area (Å²) in [6.45, 7) is 0. The van der Waals surface area contributed by atoms with Gasteiger partial charge < -0.3 is 15.4 Å². The van der Waals surface area contributed by atoms with Crippen LogP contribution in [0.25, 0.3) is 0 Å². The van der Waals surface area contributed by atoms with Crippen LogP contribution in [0.15, 0.2) is 18.3 Å². The maximum absolute atomic E-state index is 12.6. The average molecular weight is 224 g/mol. The molecule has 5 nitrogen and oxygen atoms in total. The van der Waals surface area contributed by atoms with Crippen LogP contribution in [-0.2, 0) is 4.79 Å². The molecule has 0 unspecified atom stereocenters. The van der Waals surface area contributed by atoms with Crippen molar-refractivity contribution in [1.29, 1.82) is 0 Å². The summed E-state index contributed by atoms with van der Waals surface area (Å²) in [5, 5.41) is 20.2. The second-order valence-corrected chi connectivity index (χ2v) is 3.70. The van der Waals surface area contributed by atoms with E-state index < -0.39 is 25.1 Å². The van der Waals surface area contributed by atoms with Gasteiger partial charge in [0.2, 0.25) is 5.91 Å². The molecule has 1 fully saturated rings. The molecule has 3 N–H and O–H groups in total. The van der Waals surface area contributed by atoms with E-state index in [4.69, 9.17) is 10.0 Å². The van der Waals surface area contributed by atoms with Crippen LogP contribution in [0, 0.1) is 5.92 Å². The minimum Gasteiger partial charge on any atom is -0.423 e. The Balaban J connectivity index is 2.04. The molecular weight excluding hydrogens is 214 g/mol. The van der Waals surface area contributed by atoms with E-state index in [2.05, 4.69) is 10.3 Å².